The number of benzene rings is 1. The molecule has 2 rings (SSSR count). The van der Waals surface area contributed by atoms with Gasteiger partial charge in [0.2, 0.25) is 0 Å². The van der Waals surface area contributed by atoms with E-state index in [9.17, 15) is 13.6 Å². The molecule has 24 heavy (non-hydrogen) atoms. The second-order valence-corrected chi connectivity index (χ2v) is 5.47. The first-order valence-electron chi connectivity index (χ1n) is 8.02. The smallest absolute Gasteiger partial charge is 0.255 e. The summed E-state index contributed by atoms with van der Waals surface area (Å²) in [5.41, 5.74) is 0.623. The average molecular weight is 333 g/mol. The van der Waals surface area contributed by atoms with Crippen molar-refractivity contribution < 1.29 is 13.6 Å². The molecule has 0 atom stereocenters. The van der Waals surface area contributed by atoms with Crippen molar-refractivity contribution in [2.24, 2.45) is 0 Å². The molecule has 1 N–H and O–H groups in total. The fourth-order valence-electron chi connectivity index (χ4n) is 2.39. The Bertz CT molecular complexity index is 700. The van der Waals surface area contributed by atoms with Crippen LogP contribution in [-0.2, 0) is 0 Å². The number of carbonyl (C=O) groups is 1. The Kier molecular flexibility index (Phi) is 6.23. The Morgan fingerprint density at radius 2 is 1.79 bits per heavy atom. The van der Waals surface area contributed by atoms with E-state index in [2.05, 4.69) is 29.0 Å². The van der Waals surface area contributed by atoms with Crippen LogP contribution in [0.15, 0.2) is 36.5 Å². The van der Waals surface area contributed by atoms with Crippen LogP contribution in [0.2, 0.25) is 0 Å². The SMILES string of the molecule is CCCN(CCC)c1cc(C(=O)Nc2ccc(F)c(F)c2)ccn1. The van der Waals surface area contributed by atoms with Gasteiger partial charge in [0.1, 0.15) is 5.82 Å². The second kappa shape index (κ2) is 8.38. The number of nitrogens with one attached hydrogen (secondary N) is 1. The van der Waals surface area contributed by atoms with E-state index in [1.165, 1.54) is 6.07 Å². The van der Waals surface area contributed by atoms with Gasteiger partial charge in [-0.05, 0) is 37.1 Å². The summed E-state index contributed by atoms with van der Waals surface area (Å²) in [5.74, 6) is -1.61. The van der Waals surface area contributed by atoms with Crippen molar-refractivity contribution in [2.45, 2.75) is 26.7 Å². The second-order valence-electron chi connectivity index (χ2n) is 5.47. The van der Waals surface area contributed by atoms with E-state index >= 15 is 0 Å². The quantitative estimate of drug-likeness (QED) is 0.824. The molecular formula is C18H21F2N3O. The summed E-state index contributed by atoms with van der Waals surface area (Å²) in [6.07, 6.45) is 3.54. The summed E-state index contributed by atoms with van der Waals surface area (Å²) in [6, 6.07) is 6.55. The van der Waals surface area contributed by atoms with Crippen LogP contribution in [0, 0.1) is 11.6 Å². The monoisotopic (exact) mass is 333 g/mol. The van der Waals surface area contributed by atoms with Gasteiger partial charge < -0.3 is 10.2 Å². The predicted octanol–water partition coefficient (Wildman–Crippen LogP) is 4.24. The fourth-order valence-corrected chi connectivity index (χ4v) is 2.39. The van der Waals surface area contributed by atoms with E-state index in [4.69, 9.17) is 0 Å². The molecule has 128 valence electrons. The van der Waals surface area contributed by atoms with Crippen LogP contribution in [0.1, 0.15) is 37.0 Å². The van der Waals surface area contributed by atoms with Crippen LogP contribution in [0.4, 0.5) is 20.3 Å². The van der Waals surface area contributed by atoms with Crippen LogP contribution < -0.4 is 10.2 Å². The molecule has 0 bridgehead atoms. The largest absolute Gasteiger partial charge is 0.357 e. The Hall–Kier alpha value is -2.50. The molecule has 0 fully saturated rings. The third-order valence-electron chi connectivity index (χ3n) is 3.50. The van der Waals surface area contributed by atoms with Gasteiger partial charge in [-0.25, -0.2) is 13.8 Å². The maximum absolute atomic E-state index is 13.2. The number of aromatic nitrogens is 1. The predicted molar refractivity (Wildman–Crippen MR) is 91.3 cm³/mol. The Balaban J connectivity index is 2.17. The molecule has 1 aromatic heterocycles. The number of amides is 1. The van der Waals surface area contributed by atoms with Gasteiger partial charge in [0.15, 0.2) is 11.6 Å². The van der Waals surface area contributed by atoms with Gasteiger partial charge >= 0.3 is 0 Å². The zero-order valence-electron chi connectivity index (χ0n) is 13.9. The molecule has 4 nitrogen and oxygen atoms in total. The number of rotatable bonds is 7. The molecule has 1 heterocycles. The van der Waals surface area contributed by atoms with E-state index in [1.807, 2.05) is 0 Å². The van der Waals surface area contributed by atoms with Crippen molar-refractivity contribution in [1.82, 2.24) is 4.98 Å². The number of pyridine rings is 1. The van der Waals surface area contributed by atoms with Crippen molar-refractivity contribution >= 4 is 17.4 Å². The van der Waals surface area contributed by atoms with Gasteiger partial charge in [-0.15, -0.1) is 0 Å². The molecule has 1 aromatic carbocycles. The number of hydrogen-bond acceptors (Lipinski definition) is 3. The van der Waals surface area contributed by atoms with Crippen molar-refractivity contribution in [1.29, 1.82) is 0 Å². The molecule has 0 aliphatic heterocycles. The van der Waals surface area contributed by atoms with E-state index in [-0.39, 0.29) is 5.69 Å². The first-order chi connectivity index (χ1) is 11.5. The highest BCUT2D eigenvalue weighted by Crippen LogP contribution is 2.17. The summed E-state index contributed by atoms with van der Waals surface area (Å²) in [4.78, 5) is 18.8. The minimum Gasteiger partial charge on any atom is -0.357 e. The van der Waals surface area contributed by atoms with E-state index in [0.29, 0.717) is 5.56 Å². The van der Waals surface area contributed by atoms with Crippen LogP contribution in [0.3, 0.4) is 0 Å². The molecule has 2 aromatic rings. The van der Waals surface area contributed by atoms with Crippen LogP contribution in [-0.4, -0.2) is 24.0 Å². The summed E-state index contributed by atoms with van der Waals surface area (Å²) in [6.45, 7) is 5.88. The average Bonchev–Trinajstić information content (AvgIpc) is 2.58. The summed E-state index contributed by atoms with van der Waals surface area (Å²) in [7, 11) is 0. The maximum Gasteiger partial charge on any atom is 0.255 e. The van der Waals surface area contributed by atoms with E-state index in [0.717, 1.165) is 43.9 Å². The summed E-state index contributed by atoms with van der Waals surface area (Å²) >= 11 is 0. The lowest BCUT2D eigenvalue weighted by Crippen LogP contribution is -2.26. The Labute approximate surface area is 140 Å². The van der Waals surface area contributed by atoms with Gasteiger partial charge in [0, 0.05) is 36.6 Å². The number of nitrogens with zero attached hydrogens (tertiary/aromatic N) is 2. The minimum absolute atomic E-state index is 0.205. The number of halogens is 2. The molecule has 0 spiro atoms. The van der Waals surface area contributed by atoms with Gasteiger partial charge in [0.25, 0.3) is 5.91 Å². The first kappa shape index (κ1) is 17.8. The number of carbonyl (C=O) groups excluding carboxylic acids is 1. The lowest BCUT2D eigenvalue weighted by Gasteiger charge is -2.22. The molecule has 1 amide bonds. The third-order valence-corrected chi connectivity index (χ3v) is 3.50. The standard InChI is InChI=1S/C18H21F2N3O/c1-3-9-23(10-4-2)17-11-13(7-8-21-17)18(24)22-14-5-6-15(19)16(20)12-14/h5-8,11-12H,3-4,9-10H2,1-2H3,(H,22,24). The third kappa shape index (κ3) is 4.50. The van der Waals surface area contributed by atoms with Crippen LogP contribution >= 0.6 is 0 Å². The lowest BCUT2D eigenvalue weighted by atomic mass is 10.2. The van der Waals surface area contributed by atoms with E-state index in [1.54, 1.807) is 18.3 Å². The molecule has 0 aliphatic rings. The normalized spacial score (nSPS) is 10.5. The van der Waals surface area contributed by atoms with Crippen molar-refractivity contribution in [2.75, 3.05) is 23.3 Å². The highest BCUT2D eigenvalue weighted by molar-refractivity contribution is 6.04. The van der Waals surface area contributed by atoms with Crippen molar-refractivity contribution in [3.63, 3.8) is 0 Å². The van der Waals surface area contributed by atoms with Gasteiger partial charge in [-0.2, -0.15) is 0 Å². The van der Waals surface area contributed by atoms with Crippen molar-refractivity contribution in [3.8, 4) is 0 Å². The van der Waals surface area contributed by atoms with Gasteiger partial charge in [0.05, 0.1) is 0 Å². The molecule has 6 heteroatoms. The molecule has 0 aliphatic carbocycles. The fraction of sp³-hybridized carbons (Fsp3) is 0.333. The van der Waals surface area contributed by atoms with E-state index < -0.39 is 17.5 Å². The van der Waals surface area contributed by atoms with Gasteiger partial charge in [-0.1, -0.05) is 13.8 Å². The molecule has 0 unspecified atom stereocenters. The number of hydrogen-bond donors (Lipinski definition) is 1. The molecular weight excluding hydrogens is 312 g/mol. The minimum atomic E-state index is -1.000. The van der Waals surface area contributed by atoms with Crippen LogP contribution in [0.5, 0.6) is 0 Å². The number of anilines is 2. The first-order valence-corrected chi connectivity index (χ1v) is 8.02. The van der Waals surface area contributed by atoms with Gasteiger partial charge in [-0.3, -0.25) is 4.79 Å². The van der Waals surface area contributed by atoms with Crippen molar-refractivity contribution in [3.05, 3.63) is 53.7 Å². The topological polar surface area (TPSA) is 45.2 Å². The lowest BCUT2D eigenvalue weighted by molar-refractivity contribution is 0.102. The maximum atomic E-state index is 13.2. The molecule has 0 saturated carbocycles. The molecule has 0 radical (unpaired) electrons. The summed E-state index contributed by atoms with van der Waals surface area (Å²) in [5, 5.41) is 2.56. The molecule has 0 saturated heterocycles. The zero-order valence-corrected chi connectivity index (χ0v) is 13.9. The van der Waals surface area contributed by atoms with Crippen LogP contribution in [0.25, 0.3) is 0 Å². The Morgan fingerprint density at radius 3 is 2.42 bits per heavy atom. The highest BCUT2D eigenvalue weighted by atomic mass is 19.2. The summed E-state index contributed by atoms with van der Waals surface area (Å²) < 4.78 is 26.2. The highest BCUT2D eigenvalue weighted by Gasteiger charge is 2.12. The Morgan fingerprint density at radius 1 is 1.08 bits per heavy atom. The zero-order chi connectivity index (χ0) is 17.5.